The molecule has 0 aromatic heterocycles. The highest BCUT2D eigenvalue weighted by atomic mass is 16.6. The van der Waals surface area contributed by atoms with Crippen molar-refractivity contribution in [3.63, 3.8) is 0 Å². The van der Waals surface area contributed by atoms with Gasteiger partial charge in [-0.15, -0.1) is 0 Å². The van der Waals surface area contributed by atoms with Crippen LogP contribution in [0.5, 0.6) is 0 Å². The molecule has 2 unspecified atom stereocenters. The zero-order chi connectivity index (χ0) is 15.9. The third-order valence-electron chi connectivity index (χ3n) is 5.15. The summed E-state index contributed by atoms with van der Waals surface area (Å²) in [5.41, 5.74) is 2.75. The Kier molecular flexibility index (Phi) is 3.61. The van der Waals surface area contributed by atoms with Gasteiger partial charge in [-0.05, 0) is 41.7 Å². The fourth-order valence-corrected chi connectivity index (χ4v) is 4.15. The van der Waals surface area contributed by atoms with Crippen LogP contribution in [0, 0.1) is 0 Å². The van der Waals surface area contributed by atoms with Gasteiger partial charge in [0.25, 0.3) is 0 Å². The summed E-state index contributed by atoms with van der Waals surface area (Å²) in [5, 5.41) is 0. The number of carbonyl (C=O) groups excluding carboxylic acids is 1. The average Bonchev–Trinajstić information content (AvgIpc) is 3.03. The number of fused-ring (bicyclic) bond motifs is 3. The van der Waals surface area contributed by atoms with Crippen molar-refractivity contribution < 1.29 is 14.3 Å². The molecule has 0 amide bonds. The Hall–Kier alpha value is -1.87. The predicted octanol–water partition coefficient (Wildman–Crippen LogP) is 4.13. The second-order valence-corrected chi connectivity index (χ2v) is 6.69. The summed E-state index contributed by atoms with van der Waals surface area (Å²) in [4.78, 5) is 11.6. The number of benzene rings is 1. The highest BCUT2D eigenvalue weighted by Crippen LogP contribution is 2.52. The normalized spacial score (nSPS) is 29.1. The summed E-state index contributed by atoms with van der Waals surface area (Å²) in [6.07, 6.45) is 11.9. The first-order chi connectivity index (χ1) is 11.2. The van der Waals surface area contributed by atoms with Gasteiger partial charge in [0, 0.05) is 6.92 Å². The zero-order valence-electron chi connectivity index (χ0n) is 13.5. The van der Waals surface area contributed by atoms with Gasteiger partial charge >= 0.3 is 5.97 Å². The molecule has 3 aliphatic carbocycles. The molecule has 1 saturated carbocycles. The molecule has 23 heavy (non-hydrogen) atoms. The van der Waals surface area contributed by atoms with Crippen molar-refractivity contribution in [2.45, 2.75) is 56.8 Å². The van der Waals surface area contributed by atoms with Crippen LogP contribution in [0.3, 0.4) is 0 Å². The molecule has 3 nitrogen and oxygen atoms in total. The van der Waals surface area contributed by atoms with Crippen LogP contribution in [0.15, 0.2) is 42.0 Å². The van der Waals surface area contributed by atoms with Gasteiger partial charge in [-0.1, -0.05) is 49.6 Å². The average molecular weight is 310 g/mol. The van der Waals surface area contributed by atoms with E-state index in [1.165, 1.54) is 31.7 Å². The molecule has 3 heteroatoms. The Morgan fingerprint density at radius 3 is 2.74 bits per heavy atom. The molecule has 0 radical (unpaired) electrons. The molecule has 0 heterocycles. The van der Waals surface area contributed by atoms with E-state index in [1.807, 2.05) is 18.2 Å². The van der Waals surface area contributed by atoms with Crippen LogP contribution >= 0.6 is 0 Å². The summed E-state index contributed by atoms with van der Waals surface area (Å²) >= 11 is 0. The molecule has 3 aliphatic rings. The fourth-order valence-electron chi connectivity index (χ4n) is 4.15. The molecular formula is C20H22O3. The number of carbonyl (C=O) groups is 1. The largest absolute Gasteiger partial charge is 0.454 e. The van der Waals surface area contributed by atoms with E-state index in [0.29, 0.717) is 0 Å². The molecule has 120 valence electrons. The van der Waals surface area contributed by atoms with E-state index in [2.05, 4.69) is 24.3 Å². The second-order valence-electron chi connectivity index (χ2n) is 6.69. The molecule has 1 aromatic carbocycles. The van der Waals surface area contributed by atoms with Gasteiger partial charge in [0.15, 0.2) is 11.7 Å². The first-order valence-electron chi connectivity index (χ1n) is 8.55. The summed E-state index contributed by atoms with van der Waals surface area (Å²) in [6.45, 7) is 1.46. The minimum Gasteiger partial charge on any atom is -0.454 e. The number of ether oxygens (including phenoxy) is 2. The maximum atomic E-state index is 11.6. The molecule has 0 N–H and O–H groups in total. The third-order valence-corrected chi connectivity index (χ3v) is 5.15. The van der Waals surface area contributed by atoms with Gasteiger partial charge in [0.1, 0.15) is 0 Å². The number of rotatable bonds is 3. The van der Waals surface area contributed by atoms with Crippen LogP contribution in [0.4, 0.5) is 0 Å². The molecule has 0 aliphatic heterocycles. The third kappa shape index (κ3) is 2.34. The molecular weight excluding hydrogens is 288 g/mol. The Balaban J connectivity index is 1.75. The minimum absolute atomic E-state index is 0.233. The van der Waals surface area contributed by atoms with E-state index in [0.717, 1.165) is 24.0 Å². The quantitative estimate of drug-likeness (QED) is 0.788. The Morgan fingerprint density at radius 1 is 1.17 bits per heavy atom. The monoisotopic (exact) mass is 310 g/mol. The van der Waals surface area contributed by atoms with Gasteiger partial charge < -0.3 is 9.47 Å². The summed E-state index contributed by atoms with van der Waals surface area (Å²) in [5.74, 6) is -0.267. The standard InChI is InChI=1S/C20H22O3/c1-14(21)22-19-12-11-16-13-15-7-5-6-10-18(15)20(16,19)23-17-8-3-2-4-9-17/h5-7,10-13,17,19H,2-4,8-9H2,1H3. The van der Waals surface area contributed by atoms with Gasteiger partial charge in [0.05, 0.1) is 6.10 Å². The Labute approximate surface area is 137 Å². The van der Waals surface area contributed by atoms with E-state index in [4.69, 9.17) is 9.47 Å². The van der Waals surface area contributed by atoms with E-state index < -0.39 is 5.60 Å². The van der Waals surface area contributed by atoms with Crippen LogP contribution in [-0.2, 0) is 19.9 Å². The molecule has 0 bridgehead atoms. The lowest BCUT2D eigenvalue weighted by Gasteiger charge is -2.39. The first kappa shape index (κ1) is 14.7. The fraction of sp³-hybridized carbons (Fsp3) is 0.450. The van der Waals surface area contributed by atoms with Crippen LogP contribution in [0.1, 0.15) is 50.2 Å². The SMILES string of the molecule is CC(=O)OC1C=CC2=Cc3ccccc3C21OC1CCCCC1. The second kappa shape index (κ2) is 5.64. The highest BCUT2D eigenvalue weighted by molar-refractivity contribution is 5.75. The van der Waals surface area contributed by atoms with Crippen molar-refractivity contribution >= 4 is 12.0 Å². The number of hydrogen-bond acceptors (Lipinski definition) is 3. The first-order valence-corrected chi connectivity index (χ1v) is 8.55. The van der Waals surface area contributed by atoms with Crippen molar-refractivity contribution in [1.82, 2.24) is 0 Å². The highest BCUT2D eigenvalue weighted by Gasteiger charge is 2.53. The maximum Gasteiger partial charge on any atom is 0.303 e. The van der Waals surface area contributed by atoms with Crippen LogP contribution in [-0.4, -0.2) is 18.2 Å². The van der Waals surface area contributed by atoms with E-state index in [1.54, 1.807) is 0 Å². The summed E-state index contributed by atoms with van der Waals surface area (Å²) < 4.78 is 12.3. The van der Waals surface area contributed by atoms with Crippen LogP contribution < -0.4 is 0 Å². The van der Waals surface area contributed by atoms with Gasteiger partial charge in [-0.3, -0.25) is 4.79 Å². The lowest BCUT2D eigenvalue weighted by molar-refractivity contribution is -0.168. The van der Waals surface area contributed by atoms with Crippen molar-refractivity contribution in [3.8, 4) is 0 Å². The van der Waals surface area contributed by atoms with Crippen molar-refractivity contribution in [3.05, 3.63) is 53.1 Å². The van der Waals surface area contributed by atoms with E-state index in [9.17, 15) is 4.79 Å². The molecule has 0 spiro atoms. The maximum absolute atomic E-state index is 11.6. The van der Waals surface area contributed by atoms with E-state index in [-0.39, 0.29) is 18.2 Å². The minimum atomic E-state index is -0.649. The summed E-state index contributed by atoms with van der Waals surface area (Å²) in [6, 6.07) is 8.27. The van der Waals surface area contributed by atoms with Crippen molar-refractivity contribution in [1.29, 1.82) is 0 Å². The lowest BCUT2D eigenvalue weighted by Crippen LogP contribution is -2.44. The van der Waals surface area contributed by atoms with Crippen molar-refractivity contribution in [2.24, 2.45) is 0 Å². The number of esters is 1. The molecule has 0 saturated heterocycles. The van der Waals surface area contributed by atoms with Crippen LogP contribution in [0.25, 0.3) is 6.08 Å². The van der Waals surface area contributed by atoms with Crippen LogP contribution in [0.2, 0.25) is 0 Å². The Bertz CT molecular complexity index is 682. The smallest absolute Gasteiger partial charge is 0.303 e. The Morgan fingerprint density at radius 2 is 1.96 bits per heavy atom. The molecule has 1 fully saturated rings. The molecule has 1 aromatic rings. The van der Waals surface area contributed by atoms with E-state index >= 15 is 0 Å². The molecule has 2 atom stereocenters. The van der Waals surface area contributed by atoms with Crippen molar-refractivity contribution in [2.75, 3.05) is 0 Å². The van der Waals surface area contributed by atoms with Gasteiger partial charge in [-0.25, -0.2) is 0 Å². The predicted molar refractivity (Wildman–Crippen MR) is 88.7 cm³/mol. The topological polar surface area (TPSA) is 35.5 Å². The lowest BCUT2D eigenvalue weighted by atomic mass is 9.87. The zero-order valence-corrected chi connectivity index (χ0v) is 13.5. The van der Waals surface area contributed by atoms with Gasteiger partial charge in [-0.2, -0.15) is 0 Å². The molecule has 4 rings (SSSR count). The van der Waals surface area contributed by atoms with Gasteiger partial charge in [0.2, 0.25) is 0 Å². The summed E-state index contributed by atoms with van der Waals surface area (Å²) in [7, 11) is 0. The number of hydrogen-bond donors (Lipinski definition) is 0.